The van der Waals surface area contributed by atoms with Gasteiger partial charge in [0, 0.05) is 12.0 Å². The highest BCUT2D eigenvalue weighted by atomic mass is 19.2. The molecule has 0 aliphatic heterocycles. The van der Waals surface area contributed by atoms with Crippen LogP contribution < -0.4 is 0 Å². The van der Waals surface area contributed by atoms with Gasteiger partial charge in [0.2, 0.25) is 0 Å². The molecule has 0 aromatic rings. The summed E-state index contributed by atoms with van der Waals surface area (Å²) in [6.45, 7) is 0. The Morgan fingerprint density at radius 3 is 2.78 bits per heavy atom. The first kappa shape index (κ1) is 6.20. The van der Waals surface area contributed by atoms with Crippen LogP contribution in [-0.4, -0.2) is 0 Å². The standard InChI is InChI=1S/C7H5F2/c8-5-7(9)6-3-1-2-4-6/h1-5H/b7-5-. The highest BCUT2D eigenvalue weighted by molar-refractivity contribution is 5.43. The van der Waals surface area contributed by atoms with Crippen molar-refractivity contribution in [2.45, 2.75) is 0 Å². The van der Waals surface area contributed by atoms with E-state index in [1.165, 1.54) is 12.2 Å². The van der Waals surface area contributed by atoms with Gasteiger partial charge in [-0.1, -0.05) is 18.2 Å². The van der Waals surface area contributed by atoms with Gasteiger partial charge in [-0.15, -0.1) is 0 Å². The summed E-state index contributed by atoms with van der Waals surface area (Å²) in [4.78, 5) is 0. The Labute approximate surface area is 52.2 Å². The van der Waals surface area contributed by atoms with Gasteiger partial charge in [0.15, 0.2) is 5.83 Å². The lowest BCUT2D eigenvalue weighted by Gasteiger charge is -1.87. The smallest absolute Gasteiger partial charge is 0.158 e. The average molecular weight is 127 g/mol. The summed E-state index contributed by atoms with van der Waals surface area (Å²) in [5.41, 5.74) is 0.289. The van der Waals surface area contributed by atoms with Gasteiger partial charge in [0.1, 0.15) is 6.33 Å². The Morgan fingerprint density at radius 1 is 1.56 bits per heavy atom. The quantitative estimate of drug-likeness (QED) is 0.507. The number of hydrogen-bond acceptors (Lipinski definition) is 0. The molecule has 0 heterocycles. The third-order valence-electron chi connectivity index (χ3n) is 1.03. The zero-order valence-electron chi connectivity index (χ0n) is 4.64. The van der Waals surface area contributed by atoms with Crippen molar-refractivity contribution in [2.24, 2.45) is 0 Å². The van der Waals surface area contributed by atoms with Gasteiger partial charge in [-0.05, 0) is 0 Å². The molecule has 0 N–H and O–H groups in total. The lowest BCUT2D eigenvalue weighted by molar-refractivity contribution is 0.599. The molecule has 1 rings (SSSR count). The topological polar surface area (TPSA) is 0 Å². The zero-order valence-corrected chi connectivity index (χ0v) is 4.64. The van der Waals surface area contributed by atoms with E-state index in [4.69, 9.17) is 0 Å². The number of halogens is 2. The number of rotatable bonds is 1. The van der Waals surface area contributed by atoms with Crippen molar-refractivity contribution >= 4 is 0 Å². The van der Waals surface area contributed by atoms with E-state index in [0.29, 0.717) is 0 Å². The second-order valence-corrected chi connectivity index (χ2v) is 1.63. The molecular weight excluding hydrogens is 122 g/mol. The molecular formula is C7H5F2. The molecule has 0 nitrogen and oxygen atoms in total. The molecule has 0 unspecified atom stereocenters. The van der Waals surface area contributed by atoms with Gasteiger partial charge in [0.25, 0.3) is 0 Å². The van der Waals surface area contributed by atoms with Gasteiger partial charge >= 0.3 is 0 Å². The Balaban J connectivity index is 2.73. The predicted molar refractivity (Wildman–Crippen MR) is 31.8 cm³/mol. The fourth-order valence-electron chi connectivity index (χ4n) is 0.596. The second-order valence-electron chi connectivity index (χ2n) is 1.63. The van der Waals surface area contributed by atoms with Crippen LogP contribution in [0.25, 0.3) is 0 Å². The lowest BCUT2D eigenvalue weighted by Crippen LogP contribution is -1.72. The van der Waals surface area contributed by atoms with Crippen molar-refractivity contribution in [3.05, 3.63) is 42.4 Å². The molecule has 0 aromatic carbocycles. The molecule has 0 spiro atoms. The van der Waals surface area contributed by atoms with Crippen LogP contribution in [0.1, 0.15) is 0 Å². The monoisotopic (exact) mass is 127 g/mol. The molecule has 0 bridgehead atoms. The van der Waals surface area contributed by atoms with Crippen LogP contribution in [0.5, 0.6) is 0 Å². The normalized spacial score (nSPS) is 18.4. The summed E-state index contributed by atoms with van der Waals surface area (Å²) >= 11 is 0. The van der Waals surface area contributed by atoms with Crippen LogP contribution in [0.15, 0.2) is 36.0 Å². The van der Waals surface area contributed by atoms with Crippen molar-refractivity contribution in [3.63, 3.8) is 0 Å². The SMILES string of the molecule is F/C=C(\F)C1=C[CH]C=C1. The van der Waals surface area contributed by atoms with E-state index in [1.807, 2.05) is 0 Å². The third kappa shape index (κ3) is 1.25. The van der Waals surface area contributed by atoms with Crippen LogP contribution >= 0.6 is 0 Å². The zero-order chi connectivity index (χ0) is 6.69. The Hall–Kier alpha value is -0.920. The molecule has 1 aliphatic carbocycles. The van der Waals surface area contributed by atoms with E-state index in [9.17, 15) is 8.78 Å². The molecule has 0 saturated carbocycles. The lowest BCUT2D eigenvalue weighted by atomic mass is 10.3. The number of hydrogen-bond donors (Lipinski definition) is 0. The van der Waals surface area contributed by atoms with E-state index in [2.05, 4.69) is 0 Å². The molecule has 0 aromatic heterocycles. The molecule has 0 amide bonds. The summed E-state index contributed by atoms with van der Waals surface area (Å²) < 4.78 is 23.6. The maximum atomic E-state index is 12.2. The molecule has 9 heavy (non-hydrogen) atoms. The Morgan fingerprint density at radius 2 is 2.33 bits per heavy atom. The van der Waals surface area contributed by atoms with Gasteiger partial charge in [-0.25, -0.2) is 8.78 Å². The fraction of sp³-hybridized carbons (Fsp3) is 0. The van der Waals surface area contributed by atoms with Crippen LogP contribution in [0.4, 0.5) is 8.78 Å². The Bertz CT molecular complexity index is 187. The highest BCUT2D eigenvalue weighted by Gasteiger charge is 2.02. The largest absolute Gasteiger partial charge is 0.212 e. The van der Waals surface area contributed by atoms with Crippen LogP contribution in [0.2, 0.25) is 0 Å². The summed E-state index contributed by atoms with van der Waals surface area (Å²) in [6.07, 6.45) is 6.27. The summed E-state index contributed by atoms with van der Waals surface area (Å²) in [5.74, 6) is -0.819. The molecule has 0 saturated heterocycles. The van der Waals surface area contributed by atoms with E-state index in [0.717, 1.165) is 0 Å². The molecule has 1 aliphatic rings. The first-order valence-electron chi connectivity index (χ1n) is 2.52. The van der Waals surface area contributed by atoms with Crippen molar-refractivity contribution in [1.29, 1.82) is 0 Å². The molecule has 2 heteroatoms. The van der Waals surface area contributed by atoms with Crippen LogP contribution in [0.3, 0.4) is 0 Å². The fourth-order valence-corrected chi connectivity index (χ4v) is 0.596. The first-order valence-corrected chi connectivity index (χ1v) is 2.52. The molecule has 47 valence electrons. The van der Waals surface area contributed by atoms with Gasteiger partial charge in [0.05, 0.1) is 0 Å². The van der Waals surface area contributed by atoms with E-state index in [-0.39, 0.29) is 11.9 Å². The molecule has 0 atom stereocenters. The molecule has 1 radical (unpaired) electrons. The maximum Gasteiger partial charge on any atom is 0.158 e. The average Bonchev–Trinajstić information content (AvgIpc) is 2.37. The van der Waals surface area contributed by atoms with Crippen molar-refractivity contribution in [2.75, 3.05) is 0 Å². The summed E-state index contributed by atoms with van der Waals surface area (Å²) in [5, 5.41) is 0. The van der Waals surface area contributed by atoms with Gasteiger partial charge in [-0.2, -0.15) is 0 Å². The third-order valence-corrected chi connectivity index (χ3v) is 1.03. The van der Waals surface area contributed by atoms with Crippen molar-refractivity contribution < 1.29 is 8.78 Å². The summed E-state index contributed by atoms with van der Waals surface area (Å²) in [6, 6.07) is 0. The minimum absolute atomic E-state index is 0.0463. The Kier molecular flexibility index (Phi) is 1.78. The van der Waals surface area contributed by atoms with Gasteiger partial charge < -0.3 is 0 Å². The summed E-state index contributed by atoms with van der Waals surface area (Å²) in [7, 11) is 0. The predicted octanol–water partition coefficient (Wildman–Crippen LogP) is 2.47. The maximum absolute atomic E-state index is 12.2. The van der Waals surface area contributed by atoms with Crippen molar-refractivity contribution in [1.82, 2.24) is 0 Å². The highest BCUT2D eigenvalue weighted by Crippen LogP contribution is 2.18. The molecule has 0 fully saturated rings. The van der Waals surface area contributed by atoms with Crippen LogP contribution in [-0.2, 0) is 0 Å². The number of allylic oxidation sites excluding steroid dienone is 5. The van der Waals surface area contributed by atoms with Gasteiger partial charge in [-0.3, -0.25) is 0 Å². The van der Waals surface area contributed by atoms with E-state index >= 15 is 0 Å². The minimum atomic E-state index is -0.819. The van der Waals surface area contributed by atoms with E-state index in [1.54, 1.807) is 12.5 Å². The second kappa shape index (κ2) is 2.58. The minimum Gasteiger partial charge on any atom is -0.212 e. The van der Waals surface area contributed by atoms with E-state index < -0.39 is 5.83 Å². The van der Waals surface area contributed by atoms with Crippen LogP contribution in [0, 0.1) is 6.42 Å². The first-order chi connectivity index (χ1) is 4.34. The van der Waals surface area contributed by atoms with Crippen molar-refractivity contribution in [3.8, 4) is 0 Å².